The van der Waals surface area contributed by atoms with Gasteiger partial charge in [0.15, 0.2) is 0 Å². The molecule has 0 bridgehead atoms. The van der Waals surface area contributed by atoms with Crippen LogP contribution in [0.3, 0.4) is 0 Å². The lowest BCUT2D eigenvalue weighted by atomic mass is 9.87. The van der Waals surface area contributed by atoms with Gasteiger partial charge in [0.2, 0.25) is 5.91 Å². The summed E-state index contributed by atoms with van der Waals surface area (Å²) in [5.74, 6) is 0.672. The van der Waals surface area contributed by atoms with E-state index in [-0.39, 0.29) is 24.9 Å². The van der Waals surface area contributed by atoms with Crippen molar-refractivity contribution in [1.29, 1.82) is 0 Å². The van der Waals surface area contributed by atoms with Gasteiger partial charge in [-0.1, -0.05) is 24.3 Å². The van der Waals surface area contributed by atoms with E-state index in [0.29, 0.717) is 5.92 Å². The highest BCUT2D eigenvalue weighted by atomic mass is 35.5. The number of nitrogens with zero attached hydrogens (tertiary/aromatic N) is 1. The summed E-state index contributed by atoms with van der Waals surface area (Å²) in [5, 5.41) is 0. The van der Waals surface area contributed by atoms with Crippen molar-refractivity contribution >= 4 is 18.3 Å². The van der Waals surface area contributed by atoms with Crippen molar-refractivity contribution in [3.63, 3.8) is 0 Å². The highest BCUT2D eigenvalue weighted by Crippen LogP contribution is 2.29. The summed E-state index contributed by atoms with van der Waals surface area (Å²) in [6.45, 7) is 3.98. The first-order chi connectivity index (χ1) is 8.22. The van der Waals surface area contributed by atoms with Gasteiger partial charge < -0.3 is 10.6 Å². The molecule has 0 spiro atoms. The molecule has 2 rings (SSSR count). The van der Waals surface area contributed by atoms with Gasteiger partial charge >= 0.3 is 0 Å². The number of benzene rings is 1. The van der Waals surface area contributed by atoms with Crippen LogP contribution in [-0.4, -0.2) is 30.4 Å². The molecule has 18 heavy (non-hydrogen) atoms. The third-order valence-corrected chi connectivity index (χ3v) is 3.65. The van der Waals surface area contributed by atoms with Gasteiger partial charge in [-0.05, 0) is 36.8 Å². The molecular weight excluding hydrogens is 248 g/mol. The fourth-order valence-corrected chi connectivity index (χ4v) is 2.61. The van der Waals surface area contributed by atoms with E-state index in [4.69, 9.17) is 5.73 Å². The molecule has 2 N–H and O–H groups in total. The molecule has 1 aromatic carbocycles. The van der Waals surface area contributed by atoms with Gasteiger partial charge in [0.05, 0.1) is 6.54 Å². The Morgan fingerprint density at radius 2 is 1.94 bits per heavy atom. The molecule has 0 unspecified atom stereocenters. The van der Waals surface area contributed by atoms with E-state index in [2.05, 4.69) is 31.2 Å². The first kappa shape index (κ1) is 15.0. The number of rotatable bonds is 2. The number of halogens is 1. The molecular formula is C14H21ClN2O. The quantitative estimate of drug-likeness (QED) is 0.893. The van der Waals surface area contributed by atoms with Gasteiger partial charge in [-0.3, -0.25) is 4.79 Å². The van der Waals surface area contributed by atoms with Gasteiger partial charge in [-0.25, -0.2) is 0 Å². The number of carbonyl (C=O) groups is 1. The van der Waals surface area contributed by atoms with Crippen molar-refractivity contribution in [1.82, 2.24) is 4.90 Å². The second-order valence-electron chi connectivity index (χ2n) is 4.72. The third-order valence-electron chi connectivity index (χ3n) is 3.65. The van der Waals surface area contributed by atoms with Crippen LogP contribution >= 0.6 is 12.4 Å². The molecule has 0 radical (unpaired) electrons. The SMILES string of the molecule is Cc1ccccc1C1CCN(C(=O)CN)CC1.Cl. The summed E-state index contributed by atoms with van der Waals surface area (Å²) in [7, 11) is 0. The number of nitrogens with two attached hydrogens (primary N) is 1. The molecule has 3 nitrogen and oxygen atoms in total. The van der Waals surface area contributed by atoms with Crippen molar-refractivity contribution in [3.05, 3.63) is 35.4 Å². The molecule has 100 valence electrons. The number of piperidine rings is 1. The van der Waals surface area contributed by atoms with Crippen LogP contribution in [0.4, 0.5) is 0 Å². The number of aryl methyl sites for hydroxylation is 1. The van der Waals surface area contributed by atoms with Crippen LogP contribution in [0.15, 0.2) is 24.3 Å². The van der Waals surface area contributed by atoms with Gasteiger partial charge in [-0.2, -0.15) is 0 Å². The molecule has 1 aliphatic rings. The van der Waals surface area contributed by atoms with Crippen molar-refractivity contribution in [2.24, 2.45) is 5.73 Å². The van der Waals surface area contributed by atoms with Crippen molar-refractivity contribution in [2.45, 2.75) is 25.7 Å². The molecule has 4 heteroatoms. The molecule has 1 fully saturated rings. The standard InChI is InChI=1S/C14H20N2O.ClH/c1-11-4-2-3-5-13(11)12-6-8-16(9-7-12)14(17)10-15;/h2-5,12H,6-10,15H2,1H3;1H. The minimum Gasteiger partial charge on any atom is -0.342 e. The predicted octanol–water partition coefficient (Wildman–Crippen LogP) is 2.08. The van der Waals surface area contributed by atoms with Crippen molar-refractivity contribution < 1.29 is 4.79 Å². The van der Waals surface area contributed by atoms with Gasteiger partial charge in [0.25, 0.3) is 0 Å². The monoisotopic (exact) mass is 268 g/mol. The van der Waals surface area contributed by atoms with Gasteiger partial charge in [-0.15, -0.1) is 12.4 Å². The van der Waals surface area contributed by atoms with E-state index >= 15 is 0 Å². The predicted molar refractivity (Wildman–Crippen MR) is 76.0 cm³/mol. The Bertz CT molecular complexity index is 401. The highest BCUT2D eigenvalue weighted by Gasteiger charge is 2.23. The lowest BCUT2D eigenvalue weighted by Crippen LogP contribution is -2.41. The number of carbonyl (C=O) groups excluding carboxylic acids is 1. The van der Waals surface area contributed by atoms with Crippen LogP contribution < -0.4 is 5.73 Å². The smallest absolute Gasteiger partial charge is 0.236 e. The maximum absolute atomic E-state index is 11.5. The Morgan fingerprint density at radius 3 is 2.50 bits per heavy atom. The zero-order valence-corrected chi connectivity index (χ0v) is 11.6. The van der Waals surface area contributed by atoms with Gasteiger partial charge in [0.1, 0.15) is 0 Å². The Balaban J connectivity index is 0.00000162. The molecule has 1 aliphatic heterocycles. The molecule has 1 heterocycles. The number of amides is 1. The van der Waals surface area contributed by atoms with Gasteiger partial charge in [0, 0.05) is 13.1 Å². The average molecular weight is 269 g/mol. The van der Waals surface area contributed by atoms with Crippen LogP contribution in [-0.2, 0) is 4.79 Å². The topological polar surface area (TPSA) is 46.3 Å². The molecule has 0 atom stereocenters. The summed E-state index contributed by atoms with van der Waals surface area (Å²) < 4.78 is 0. The van der Waals surface area contributed by atoms with Crippen molar-refractivity contribution in [3.8, 4) is 0 Å². The number of likely N-dealkylation sites (tertiary alicyclic amines) is 1. The van der Waals surface area contributed by atoms with E-state index in [1.165, 1.54) is 11.1 Å². The normalized spacial score (nSPS) is 16.2. The second-order valence-corrected chi connectivity index (χ2v) is 4.72. The molecule has 0 saturated carbocycles. The van der Waals surface area contributed by atoms with E-state index in [9.17, 15) is 4.79 Å². The van der Waals surface area contributed by atoms with Crippen LogP contribution in [0, 0.1) is 6.92 Å². The molecule has 0 aliphatic carbocycles. The molecule has 1 amide bonds. The lowest BCUT2D eigenvalue weighted by molar-refractivity contribution is -0.130. The highest BCUT2D eigenvalue weighted by molar-refractivity contribution is 5.85. The summed E-state index contributed by atoms with van der Waals surface area (Å²) in [6, 6.07) is 8.54. The fraction of sp³-hybridized carbons (Fsp3) is 0.500. The first-order valence-corrected chi connectivity index (χ1v) is 6.25. The summed E-state index contributed by atoms with van der Waals surface area (Å²) in [5.41, 5.74) is 8.18. The Hall–Kier alpha value is -1.06. The van der Waals surface area contributed by atoms with Crippen LogP contribution in [0.1, 0.15) is 29.9 Å². The van der Waals surface area contributed by atoms with E-state index in [1.54, 1.807) is 0 Å². The van der Waals surface area contributed by atoms with E-state index < -0.39 is 0 Å². The Labute approximate surface area is 115 Å². The van der Waals surface area contributed by atoms with Crippen LogP contribution in [0.2, 0.25) is 0 Å². The summed E-state index contributed by atoms with van der Waals surface area (Å²) >= 11 is 0. The first-order valence-electron chi connectivity index (χ1n) is 6.25. The van der Waals surface area contributed by atoms with Crippen molar-refractivity contribution in [2.75, 3.05) is 19.6 Å². The van der Waals surface area contributed by atoms with E-state index in [1.807, 2.05) is 4.90 Å². The Morgan fingerprint density at radius 1 is 1.33 bits per heavy atom. The molecule has 0 aromatic heterocycles. The minimum absolute atomic E-state index is 0. The molecule has 1 saturated heterocycles. The fourth-order valence-electron chi connectivity index (χ4n) is 2.61. The third kappa shape index (κ3) is 3.24. The largest absolute Gasteiger partial charge is 0.342 e. The maximum Gasteiger partial charge on any atom is 0.236 e. The Kier molecular flexibility index (Phi) is 5.63. The van der Waals surface area contributed by atoms with E-state index in [0.717, 1.165) is 25.9 Å². The number of hydrogen-bond acceptors (Lipinski definition) is 2. The number of hydrogen-bond donors (Lipinski definition) is 1. The lowest BCUT2D eigenvalue weighted by Gasteiger charge is -2.32. The zero-order chi connectivity index (χ0) is 12.3. The average Bonchev–Trinajstić information content (AvgIpc) is 2.39. The maximum atomic E-state index is 11.5. The minimum atomic E-state index is 0. The van der Waals surface area contributed by atoms with Crippen LogP contribution in [0.25, 0.3) is 0 Å². The zero-order valence-electron chi connectivity index (χ0n) is 10.8. The summed E-state index contributed by atoms with van der Waals surface area (Å²) in [6.07, 6.45) is 2.10. The summed E-state index contributed by atoms with van der Waals surface area (Å²) in [4.78, 5) is 13.4. The second kappa shape index (κ2) is 6.76. The molecule has 1 aromatic rings. The van der Waals surface area contributed by atoms with Crippen LogP contribution in [0.5, 0.6) is 0 Å².